The van der Waals surface area contributed by atoms with Crippen molar-refractivity contribution in [2.75, 3.05) is 0 Å². The second-order valence-corrected chi connectivity index (χ2v) is 16.2. The van der Waals surface area contributed by atoms with Crippen molar-refractivity contribution < 1.29 is 14.7 Å². The summed E-state index contributed by atoms with van der Waals surface area (Å²) in [5.41, 5.74) is 1.05. The number of hydrogen-bond acceptors (Lipinski definition) is 2. The summed E-state index contributed by atoms with van der Waals surface area (Å²) in [5, 5.41) is 12.5. The maximum Gasteiger partial charge on any atom is 0.325 e. The smallest absolute Gasteiger partial charge is 0.325 e. The van der Waals surface area contributed by atoms with Crippen LogP contribution in [-0.2, 0) is 9.59 Å². The number of nitrogens with one attached hydrogen (secondary N) is 1. The van der Waals surface area contributed by atoms with Gasteiger partial charge in [0, 0.05) is 0 Å². The van der Waals surface area contributed by atoms with E-state index in [4.69, 9.17) is 0 Å². The third-order valence-electron chi connectivity index (χ3n) is 14.3. The van der Waals surface area contributed by atoms with Gasteiger partial charge >= 0.3 is 5.97 Å². The van der Waals surface area contributed by atoms with E-state index in [1.807, 2.05) is 0 Å². The van der Waals surface area contributed by atoms with Crippen molar-refractivity contribution in [3.63, 3.8) is 0 Å². The van der Waals surface area contributed by atoms with Gasteiger partial charge in [-0.1, -0.05) is 54.9 Å². The fourth-order valence-electron chi connectivity index (χ4n) is 12.3. The van der Waals surface area contributed by atoms with E-state index < -0.39 is 12.0 Å². The predicted octanol–water partition coefficient (Wildman–Crippen LogP) is 7.70. The molecule has 5 saturated carbocycles. The van der Waals surface area contributed by atoms with Crippen LogP contribution in [0.2, 0.25) is 0 Å². The first-order valence-electron chi connectivity index (χ1n) is 15.7. The Morgan fingerprint density at radius 1 is 0.784 bits per heavy atom. The molecule has 1 amide bonds. The number of carbonyl (C=O) groups excluding carboxylic acids is 1. The van der Waals surface area contributed by atoms with Crippen molar-refractivity contribution in [3.8, 4) is 0 Å². The normalized spacial score (nSPS) is 49.3. The Kier molecular flexibility index (Phi) is 6.48. The number of rotatable bonds is 4. The molecule has 0 aliphatic heterocycles. The molecule has 0 radical (unpaired) electrons. The second-order valence-electron chi connectivity index (χ2n) is 16.2. The Morgan fingerprint density at radius 2 is 1.49 bits per heavy atom. The number of hydrogen-bond donors (Lipinski definition) is 2. The number of amides is 1. The third-order valence-corrected chi connectivity index (χ3v) is 14.3. The van der Waals surface area contributed by atoms with Crippen molar-refractivity contribution >= 4 is 11.9 Å². The van der Waals surface area contributed by atoms with E-state index in [-0.39, 0.29) is 16.7 Å². The van der Waals surface area contributed by atoms with Gasteiger partial charge in [0.15, 0.2) is 0 Å². The highest BCUT2D eigenvalue weighted by Crippen LogP contribution is 2.77. The van der Waals surface area contributed by atoms with Crippen LogP contribution in [0.1, 0.15) is 126 Å². The minimum atomic E-state index is -0.936. The number of fused-ring (bicyclic) bond motifs is 7. The van der Waals surface area contributed by atoms with Crippen molar-refractivity contribution in [2.45, 2.75) is 132 Å². The van der Waals surface area contributed by atoms with Crippen LogP contribution in [0, 0.1) is 62.6 Å². The zero-order valence-electron chi connectivity index (χ0n) is 25.1. The van der Waals surface area contributed by atoms with Gasteiger partial charge in [-0.25, -0.2) is 0 Å². The molecule has 5 aliphatic rings. The molecule has 37 heavy (non-hydrogen) atoms. The van der Waals surface area contributed by atoms with E-state index >= 15 is 0 Å². The van der Waals surface area contributed by atoms with Gasteiger partial charge in [-0.15, -0.1) is 0 Å². The van der Waals surface area contributed by atoms with Crippen LogP contribution in [0.4, 0.5) is 0 Å². The summed E-state index contributed by atoms with van der Waals surface area (Å²) in [6, 6.07) is -0.827. The van der Waals surface area contributed by atoms with E-state index in [1.54, 1.807) is 6.92 Å². The molecule has 0 aromatic carbocycles. The van der Waals surface area contributed by atoms with Gasteiger partial charge in [-0.3, -0.25) is 9.59 Å². The fourth-order valence-corrected chi connectivity index (χ4v) is 12.3. The molecule has 4 heteroatoms. The van der Waals surface area contributed by atoms with Gasteiger partial charge in [-0.05, 0) is 128 Å². The lowest BCUT2D eigenvalue weighted by Gasteiger charge is -2.72. The van der Waals surface area contributed by atoms with E-state index in [0.717, 1.165) is 37.5 Å². The Hall–Kier alpha value is -1.06. The second kappa shape index (κ2) is 8.72. The van der Waals surface area contributed by atoms with Gasteiger partial charge in [0.25, 0.3) is 0 Å². The molecule has 5 aliphatic carbocycles. The summed E-state index contributed by atoms with van der Waals surface area (Å²) in [7, 11) is 0. The summed E-state index contributed by atoms with van der Waals surface area (Å²) in [4.78, 5) is 25.6. The standard InChI is InChI=1S/C33H55NO3/c1-20(2)22-12-17-33(28(37)34-21(3)27(35)36)19-18-31(7)23(26(22)33)10-11-25-30(6)15-9-14-29(4,5)24(30)13-16-32(25,31)8/h20-26H,9-19H2,1-8H3,(H,34,37)(H,35,36)/t21-,22+,23?,24?,25?,26?,30+,31-,32-,33+/m1/s1. The van der Waals surface area contributed by atoms with Crippen molar-refractivity contribution in [3.05, 3.63) is 0 Å². The van der Waals surface area contributed by atoms with Crippen molar-refractivity contribution in [1.82, 2.24) is 5.32 Å². The molecule has 0 heterocycles. The molecule has 5 rings (SSSR count). The molecule has 5 fully saturated rings. The first kappa shape index (κ1) is 27.5. The maximum absolute atomic E-state index is 14.0. The maximum atomic E-state index is 14.0. The summed E-state index contributed by atoms with van der Waals surface area (Å²) >= 11 is 0. The zero-order chi connectivity index (χ0) is 27.2. The quantitative estimate of drug-likeness (QED) is 0.405. The van der Waals surface area contributed by atoms with Gasteiger partial charge in [0.2, 0.25) is 5.91 Å². The van der Waals surface area contributed by atoms with Crippen LogP contribution >= 0.6 is 0 Å². The summed E-state index contributed by atoms with van der Waals surface area (Å²) in [5.74, 6) is 2.73. The van der Waals surface area contributed by atoms with E-state index in [1.165, 1.54) is 44.9 Å². The van der Waals surface area contributed by atoms with Crippen LogP contribution in [0.3, 0.4) is 0 Å². The molecule has 0 spiro atoms. The monoisotopic (exact) mass is 513 g/mol. The molecule has 0 bridgehead atoms. The zero-order valence-corrected chi connectivity index (χ0v) is 25.1. The van der Waals surface area contributed by atoms with E-state index in [0.29, 0.717) is 39.9 Å². The lowest BCUT2D eigenvalue weighted by molar-refractivity contribution is -0.237. The first-order valence-corrected chi connectivity index (χ1v) is 15.7. The molecule has 2 N–H and O–H groups in total. The Labute approximate surface area is 226 Å². The number of aliphatic carboxylic acids is 1. The number of carboxylic acids is 1. The molecule has 0 aromatic heterocycles. The van der Waals surface area contributed by atoms with Gasteiger partial charge in [-0.2, -0.15) is 0 Å². The predicted molar refractivity (Wildman–Crippen MR) is 149 cm³/mol. The van der Waals surface area contributed by atoms with Gasteiger partial charge < -0.3 is 10.4 Å². The van der Waals surface area contributed by atoms with Crippen molar-refractivity contribution in [1.29, 1.82) is 0 Å². The van der Waals surface area contributed by atoms with Crippen molar-refractivity contribution in [2.24, 2.45) is 62.6 Å². The highest BCUT2D eigenvalue weighted by atomic mass is 16.4. The Bertz CT molecular complexity index is 942. The Balaban J connectivity index is 1.53. The minimum Gasteiger partial charge on any atom is -0.480 e. The molecule has 4 unspecified atom stereocenters. The van der Waals surface area contributed by atoms with Crippen LogP contribution in [0.25, 0.3) is 0 Å². The lowest BCUT2D eigenvalue weighted by atomic mass is 9.32. The van der Waals surface area contributed by atoms with E-state index in [2.05, 4.69) is 53.8 Å². The molecular weight excluding hydrogens is 458 g/mol. The number of carbonyl (C=O) groups is 2. The van der Waals surface area contributed by atoms with Crippen LogP contribution in [-0.4, -0.2) is 23.0 Å². The molecule has 210 valence electrons. The SMILES string of the molecule is CC(C)[C@@H]1CC[C@]2(C(=O)N[C@H](C)C(=O)O)CC[C@]3(C)C(CCC4[C@@]5(C)CCCC(C)(C)C5CC[C@]43C)C12. The average Bonchev–Trinajstić information content (AvgIpc) is 3.20. The molecule has 4 nitrogen and oxygen atoms in total. The fraction of sp³-hybridized carbons (Fsp3) is 0.939. The largest absolute Gasteiger partial charge is 0.480 e. The molecule has 0 saturated heterocycles. The summed E-state index contributed by atoms with van der Waals surface area (Å²) < 4.78 is 0. The highest BCUT2D eigenvalue weighted by Gasteiger charge is 2.71. The summed E-state index contributed by atoms with van der Waals surface area (Å²) in [6.07, 6.45) is 13.5. The van der Waals surface area contributed by atoms with Crippen LogP contribution < -0.4 is 5.32 Å². The van der Waals surface area contributed by atoms with Crippen LogP contribution in [0.15, 0.2) is 0 Å². The first-order chi connectivity index (χ1) is 17.1. The highest BCUT2D eigenvalue weighted by molar-refractivity contribution is 5.88. The average molecular weight is 514 g/mol. The molecule has 10 atom stereocenters. The topological polar surface area (TPSA) is 66.4 Å². The molecular formula is C33H55NO3. The number of carboxylic acid groups (broad SMARTS) is 1. The van der Waals surface area contributed by atoms with Crippen LogP contribution in [0.5, 0.6) is 0 Å². The lowest BCUT2D eigenvalue weighted by Crippen LogP contribution is -2.66. The summed E-state index contributed by atoms with van der Waals surface area (Å²) in [6.45, 7) is 19.4. The van der Waals surface area contributed by atoms with Gasteiger partial charge in [0.1, 0.15) is 6.04 Å². The van der Waals surface area contributed by atoms with Gasteiger partial charge in [0.05, 0.1) is 5.41 Å². The third kappa shape index (κ3) is 3.65. The Morgan fingerprint density at radius 3 is 2.14 bits per heavy atom. The minimum absolute atomic E-state index is 0.0366. The molecule has 0 aromatic rings. The van der Waals surface area contributed by atoms with E-state index in [9.17, 15) is 14.7 Å².